The second-order valence-corrected chi connectivity index (χ2v) is 7.54. The van der Waals surface area contributed by atoms with Gasteiger partial charge in [0.25, 0.3) is 0 Å². The highest BCUT2D eigenvalue weighted by atomic mass is 14.0. The van der Waals surface area contributed by atoms with Gasteiger partial charge in [0.2, 0.25) is 0 Å². The summed E-state index contributed by atoms with van der Waals surface area (Å²) in [5.41, 5.74) is 1.61. The lowest BCUT2D eigenvalue weighted by Crippen LogP contribution is -1.83. The highest BCUT2D eigenvalue weighted by molar-refractivity contribution is 4.97. The first-order valence-corrected chi connectivity index (χ1v) is 11.0. The number of rotatable bonds is 18. The fraction of sp³-hybridized carbons (Fsp3) is 0.913. The Hall–Kier alpha value is -0.260. The highest BCUT2D eigenvalue weighted by Gasteiger charge is 1.94. The number of hydrogen-bond donors (Lipinski definition) is 0. The Morgan fingerprint density at radius 2 is 0.913 bits per heavy atom. The van der Waals surface area contributed by atoms with Crippen LogP contribution in [0.2, 0.25) is 0 Å². The molecule has 138 valence electrons. The first-order chi connectivity index (χ1) is 11.3. The molecular weight excluding hydrogens is 276 g/mol. The van der Waals surface area contributed by atoms with Crippen molar-refractivity contribution in [1.82, 2.24) is 0 Å². The molecule has 0 spiro atoms. The zero-order valence-corrected chi connectivity index (χ0v) is 16.8. The normalized spacial score (nSPS) is 12.0. The molecule has 0 rings (SSSR count). The topological polar surface area (TPSA) is 0 Å². The minimum atomic E-state index is 1.31. The minimum absolute atomic E-state index is 1.31. The number of unbranched alkanes of at least 4 members (excludes halogenated alkanes) is 15. The molecule has 0 radical (unpaired) electrons. The van der Waals surface area contributed by atoms with Gasteiger partial charge in [0.15, 0.2) is 0 Å². The fourth-order valence-electron chi connectivity index (χ4n) is 3.25. The molecule has 0 heterocycles. The van der Waals surface area contributed by atoms with Crippen LogP contribution >= 0.6 is 0 Å². The van der Waals surface area contributed by atoms with E-state index < -0.39 is 0 Å². The summed E-state index contributed by atoms with van der Waals surface area (Å²) in [5, 5.41) is 0. The van der Waals surface area contributed by atoms with Crippen LogP contribution in [0, 0.1) is 0 Å². The van der Waals surface area contributed by atoms with Crippen molar-refractivity contribution in [3.05, 3.63) is 11.6 Å². The van der Waals surface area contributed by atoms with E-state index in [0.717, 1.165) is 0 Å². The minimum Gasteiger partial charge on any atom is -0.0856 e. The van der Waals surface area contributed by atoms with Crippen LogP contribution in [0.3, 0.4) is 0 Å². The highest BCUT2D eigenvalue weighted by Crippen LogP contribution is 2.14. The molecule has 0 bridgehead atoms. The molecule has 0 unspecified atom stereocenters. The largest absolute Gasteiger partial charge is 0.0856 e. The molecule has 0 amide bonds. The summed E-state index contributed by atoms with van der Waals surface area (Å²) < 4.78 is 0. The lowest BCUT2D eigenvalue weighted by Gasteiger charge is -2.03. The van der Waals surface area contributed by atoms with Gasteiger partial charge in [0.1, 0.15) is 0 Å². The second-order valence-electron chi connectivity index (χ2n) is 7.54. The van der Waals surface area contributed by atoms with Crippen molar-refractivity contribution in [3.63, 3.8) is 0 Å². The third kappa shape index (κ3) is 19.7. The van der Waals surface area contributed by atoms with E-state index in [1.807, 2.05) is 0 Å². The summed E-state index contributed by atoms with van der Waals surface area (Å²) in [6.07, 6.45) is 28.2. The maximum absolute atomic E-state index is 2.48. The van der Waals surface area contributed by atoms with Gasteiger partial charge in [-0.05, 0) is 32.6 Å². The van der Waals surface area contributed by atoms with Gasteiger partial charge in [-0.15, -0.1) is 0 Å². The van der Waals surface area contributed by atoms with Crippen LogP contribution < -0.4 is 0 Å². The van der Waals surface area contributed by atoms with Crippen LogP contribution in [0.5, 0.6) is 0 Å². The van der Waals surface area contributed by atoms with Crippen molar-refractivity contribution in [2.24, 2.45) is 0 Å². The van der Waals surface area contributed by atoms with Gasteiger partial charge in [-0.25, -0.2) is 0 Å². The van der Waals surface area contributed by atoms with E-state index >= 15 is 0 Å². The Morgan fingerprint density at radius 1 is 0.522 bits per heavy atom. The average Bonchev–Trinajstić information content (AvgIpc) is 2.56. The fourth-order valence-corrected chi connectivity index (χ4v) is 3.25. The first kappa shape index (κ1) is 22.7. The van der Waals surface area contributed by atoms with Crippen LogP contribution in [0.25, 0.3) is 0 Å². The molecule has 0 aromatic rings. The van der Waals surface area contributed by atoms with Crippen LogP contribution in [0.1, 0.15) is 136 Å². The van der Waals surface area contributed by atoms with Gasteiger partial charge < -0.3 is 0 Å². The Bertz CT molecular complexity index is 238. The maximum atomic E-state index is 2.48. The van der Waals surface area contributed by atoms with E-state index in [1.54, 1.807) is 5.57 Å². The molecule has 0 saturated carbocycles. The van der Waals surface area contributed by atoms with Gasteiger partial charge in [0.05, 0.1) is 0 Å². The van der Waals surface area contributed by atoms with E-state index in [-0.39, 0.29) is 0 Å². The third-order valence-electron chi connectivity index (χ3n) is 4.98. The Labute approximate surface area is 148 Å². The van der Waals surface area contributed by atoms with Gasteiger partial charge in [0, 0.05) is 0 Å². The Kier molecular flexibility index (Phi) is 19.6. The van der Waals surface area contributed by atoms with Gasteiger partial charge >= 0.3 is 0 Å². The SMILES string of the molecule is CCCCCCCCCCCCCCCCC=C(C)CCCC. The molecule has 0 aliphatic heterocycles. The van der Waals surface area contributed by atoms with Crippen LogP contribution in [-0.2, 0) is 0 Å². The predicted octanol–water partition coefficient (Wildman–Crippen LogP) is 8.99. The summed E-state index contributed by atoms with van der Waals surface area (Å²) in [4.78, 5) is 0. The van der Waals surface area contributed by atoms with Crippen LogP contribution in [0.15, 0.2) is 11.6 Å². The predicted molar refractivity (Wildman–Crippen MR) is 108 cm³/mol. The molecule has 0 fully saturated rings. The zero-order chi connectivity index (χ0) is 17.0. The van der Waals surface area contributed by atoms with Gasteiger partial charge in [-0.2, -0.15) is 0 Å². The van der Waals surface area contributed by atoms with Crippen LogP contribution in [-0.4, -0.2) is 0 Å². The molecule has 0 saturated heterocycles. The molecule has 23 heavy (non-hydrogen) atoms. The lowest BCUT2D eigenvalue weighted by atomic mass is 10.0. The van der Waals surface area contributed by atoms with E-state index in [9.17, 15) is 0 Å². The second kappa shape index (κ2) is 19.8. The smallest absolute Gasteiger partial charge is 0.0323 e. The standard InChI is InChI=1S/C23H46/c1-4-6-8-9-10-11-12-13-14-15-16-17-18-19-20-22-23(3)21-7-5-2/h22H,4-21H2,1-3H3. The lowest BCUT2D eigenvalue weighted by molar-refractivity contribution is 0.536. The van der Waals surface area contributed by atoms with Gasteiger partial charge in [-0.1, -0.05) is 115 Å². The summed E-state index contributed by atoms with van der Waals surface area (Å²) >= 11 is 0. The van der Waals surface area contributed by atoms with E-state index in [4.69, 9.17) is 0 Å². The monoisotopic (exact) mass is 322 g/mol. The molecule has 0 aliphatic carbocycles. The summed E-state index contributed by atoms with van der Waals surface area (Å²) in [6.45, 7) is 6.88. The van der Waals surface area contributed by atoms with Crippen molar-refractivity contribution in [3.8, 4) is 0 Å². The average molecular weight is 323 g/mol. The summed E-state index contributed by atoms with van der Waals surface area (Å²) in [6, 6.07) is 0. The first-order valence-electron chi connectivity index (χ1n) is 11.0. The van der Waals surface area contributed by atoms with E-state index in [2.05, 4.69) is 26.8 Å². The number of allylic oxidation sites excluding steroid dienone is 2. The van der Waals surface area contributed by atoms with Crippen molar-refractivity contribution < 1.29 is 0 Å². The molecule has 0 aromatic heterocycles. The zero-order valence-electron chi connectivity index (χ0n) is 16.8. The maximum Gasteiger partial charge on any atom is -0.0323 e. The summed E-state index contributed by atoms with van der Waals surface area (Å²) in [5.74, 6) is 0. The molecule has 0 N–H and O–H groups in total. The Morgan fingerprint density at radius 3 is 1.35 bits per heavy atom. The van der Waals surface area contributed by atoms with Crippen molar-refractivity contribution in [2.45, 2.75) is 136 Å². The van der Waals surface area contributed by atoms with Crippen molar-refractivity contribution in [2.75, 3.05) is 0 Å². The molecule has 0 nitrogen and oxygen atoms in total. The van der Waals surface area contributed by atoms with E-state index in [1.165, 1.54) is 116 Å². The Balaban J connectivity index is 3.10. The van der Waals surface area contributed by atoms with E-state index in [0.29, 0.717) is 0 Å². The van der Waals surface area contributed by atoms with Crippen LogP contribution in [0.4, 0.5) is 0 Å². The number of hydrogen-bond acceptors (Lipinski definition) is 0. The van der Waals surface area contributed by atoms with Crippen molar-refractivity contribution >= 4 is 0 Å². The van der Waals surface area contributed by atoms with Crippen molar-refractivity contribution in [1.29, 1.82) is 0 Å². The summed E-state index contributed by atoms with van der Waals surface area (Å²) in [7, 11) is 0. The molecular formula is C23H46. The molecule has 0 aliphatic rings. The quantitative estimate of drug-likeness (QED) is 0.174. The molecule has 0 atom stereocenters. The third-order valence-corrected chi connectivity index (χ3v) is 4.98. The van der Waals surface area contributed by atoms with Gasteiger partial charge in [-0.3, -0.25) is 0 Å². The molecule has 0 aromatic carbocycles. The molecule has 0 heteroatoms.